The summed E-state index contributed by atoms with van der Waals surface area (Å²) in [5.41, 5.74) is 3.48. The van der Waals surface area contributed by atoms with Crippen molar-refractivity contribution in [3.63, 3.8) is 0 Å². The van der Waals surface area contributed by atoms with Crippen LogP contribution >= 0.6 is 0 Å². The minimum atomic E-state index is -0.0413. The Morgan fingerprint density at radius 2 is 1.88 bits per heavy atom. The lowest BCUT2D eigenvalue weighted by molar-refractivity contribution is 0.0732. The summed E-state index contributed by atoms with van der Waals surface area (Å²) in [5.74, 6) is 1.41. The predicted octanol–water partition coefficient (Wildman–Crippen LogP) is 3.78. The average molecular weight is 437 g/mol. The Hall–Kier alpha value is -2.70. The number of piperidine rings is 1. The second kappa shape index (κ2) is 10.3. The van der Waals surface area contributed by atoms with Crippen LogP contribution in [0.15, 0.2) is 42.5 Å². The summed E-state index contributed by atoms with van der Waals surface area (Å²) in [6, 6.07) is 13.2. The van der Waals surface area contributed by atoms with E-state index in [0.717, 1.165) is 37.6 Å². The molecule has 2 aromatic carbocycles. The highest BCUT2D eigenvalue weighted by molar-refractivity contribution is 5.97. The van der Waals surface area contributed by atoms with Gasteiger partial charge in [0.25, 0.3) is 5.91 Å². The quantitative estimate of drug-likeness (QED) is 0.645. The van der Waals surface area contributed by atoms with E-state index in [1.165, 1.54) is 25.3 Å². The highest BCUT2D eigenvalue weighted by Gasteiger charge is 2.23. The minimum absolute atomic E-state index is 0.00382. The zero-order valence-corrected chi connectivity index (χ0v) is 19.0. The highest BCUT2D eigenvalue weighted by atomic mass is 16.5. The lowest BCUT2D eigenvalue weighted by atomic mass is 9.98. The van der Waals surface area contributed by atoms with Crippen LogP contribution in [0.25, 0.3) is 0 Å². The van der Waals surface area contributed by atoms with E-state index in [0.29, 0.717) is 36.7 Å². The second-order valence-corrected chi connectivity index (χ2v) is 8.85. The first-order valence-electron chi connectivity index (χ1n) is 11.4. The van der Waals surface area contributed by atoms with E-state index in [2.05, 4.69) is 17.0 Å². The number of nitrogens with zero attached hydrogens (tertiary/aromatic N) is 2. The highest BCUT2D eigenvalue weighted by Crippen LogP contribution is 2.27. The van der Waals surface area contributed by atoms with Gasteiger partial charge >= 0.3 is 0 Å². The average Bonchev–Trinajstić information content (AvgIpc) is 3.01. The third-order valence-corrected chi connectivity index (χ3v) is 6.34. The van der Waals surface area contributed by atoms with E-state index in [1.54, 1.807) is 31.4 Å². The summed E-state index contributed by atoms with van der Waals surface area (Å²) in [6.07, 6.45) is 2.43. The van der Waals surface area contributed by atoms with Gasteiger partial charge in [0, 0.05) is 43.4 Å². The van der Waals surface area contributed by atoms with Crippen LogP contribution in [0, 0.1) is 5.92 Å². The Morgan fingerprint density at radius 1 is 1.09 bits per heavy atom. The number of ether oxygens (including phenoxy) is 2. The van der Waals surface area contributed by atoms with Crippen LogP contribution in [0.4, 0.5) is 0 Å². The van der Waals surface area contributed by atoms with Gasteiger partial charge in [-0.2, -0.15) is 0 Å². The fourth-order valence-corrected chi connectivity index (χ4v) is 4.67. The Bertz CT molecular complexity index is 955. The van der Waals surface area contributed by atoms with Crippen molar-refractivity contribution in [1.29, 1.82) is 0 Å². The lowest BCUT2D eigenvalue weighted by Crippen LogP contribution is -2.36. The second-order valence-electron chi connectivity index (χ2n) is 8.85. The van der Waals surface area contributed by atoms with E-state index in [4.69, 9.17) is 9.47 Å². The van der Waals surface area contributed by atoms with Crippen LogP contribution in [-0.2, 0) is 17.8 Å². The molecule has 4 rings (SSSR count). The number of methoxy groups -OCH3 is 1. The van der Waals surface area contributed by atoms with Crippen molar-refractivity contribution in [2.45, 2.75) is 32.9 Å². The smallest absolute Gasteiger partial charge is 0.254 e. The van der Waals surface area contributed by atoms with Crippen molar-refractivity contribution in [2.24, 2.45) is 5.92 Å². The largest absolute Gasteiger partial charge is 0.491 e. The van der Waals surface area contributed by atoms with Crippen LogP contribution < -0.4 is 4.74 Å². The molecule has 2 aliphatic rings. The van der Waals surface area contributed by atoms with Crippen LogP contribution in [0.3, 0.4) is 0 Å². The van der Waals surface area contributed by atoms with Gasteiger partial charge in [0.1, 0.15) is 12.4 Å². The molecule has 2 aromatic rings. The molecule has 2 heterocycles. The third-order valence-electron chi connectivity index (χ3n) is 6.34. The normalized spacial score (nSPS) is 19.1. The molecule has 1 unspecified atom stereocenters. The number of ketones is 1. The number of amides is 1. The Balaban J connectivity index is 1.46. The van der Waals surface area contributed by atoms with E-state index < -0.39 is 0 Å². The van der Waals surface area contributed by atoms with Gasteiger partial charge in [0.2, 0.25) is 0 Å². The summed E-state index contributed by atoms with van der Waals surface area (Å²) in [6.45, 7) is 6.92. The number of carbonyl (C=O) groups is 2. The summed E-state index contributed by atoms with van der Waals surface area (Å²) in [4.78, 5) is 28.9. The zero-order chi connectivity index (χ0) is 22.5. The molecule has 6 nitrogen and oxygen atoms in total. The summed E-state index contributed by atoms with van der Waals surface area (Å²) < 4.78 is 11.3. The fourth-order valence-electron chi connectivity index (χ4n) is 4.67. The summed E-state index contributed by atoms with van der Waals surface area (Å²) in [5, 5.41) is 0. The number of likely N-dealkylation sites (tertiary alicyclic amines) is 1. The number of rotatable bonds is 6. The zero-order valence-electron chi connectivity index (χ0n) is 19.0. The monoisotopic (exact) mass is 436 g/mol. The molecule has 0 spiro atoms. The molecular weight excluding hydrogens is 404 g/mol. The third kappa shape index (κ3) is 5.37. The van der Waals surface area contributed by atoms with Crippen molar-refractivity contribution in [3.8, 4) is 5.75 Å². The molecule has 1 saturated heterocycles. The molecule has 1 amide bonds. The molecule has 0 radical (unpaired) electrons. The maximum absolute atomic E-state index is 13.1. The maximum Gasteiger partial charge on any atom is 0.254 e. The molecule has 0 bridgehead atoms. The molecule has 2 aliphatic heterocycles. The number of Topliss-reactive ketones (excluding diaryl/α,β-unsaturated/α-hetero) is 1. The topological polar surface area (TPSA) is 59.1 Å². The number of benzene rings is 2. The molecule has 6 heteroatoms. The van der Waals surface area contributed by atoms with Gasteiger partial charge < -0.3 is 14.4 Å². The first-order valence-corrected chi connectivity index (χ1v) is 11.4. The molecular formula is C26H32N2O4. The Labute approximate surface area is 190 Å². The van der Waals surface area contributed by atoms with Gasteiger partial charge in [-0.25, -0.2) is 0 Å². The number of carbonyl (C=O) groups excluding carboxylic acids is 2. The van der Waals surface area contributed by atoms with Crippen LogP contribution in [0.1, 0.15) is 51.6 Å². The first kappa shape index (κ1) is 22.5. The SMILES string of the molecule is COCC1CCCN(Cc2ccc3c(c2)CN(C(=O)c2ccc(C(C)=O)cc2)CCO3)C1. The standard InChI is InChI=1S/C26H32N2O4/c1-19(29)22-6-8-23(9-7-22)26(30)28-12-13-32-25-10-5-20(14-24(25)17-28)15-27-11-3-4-21(16-27)18-31-2/h5-10,14,21H,3-4,11-13,15-18H2,1-2H3. The van der Waals surface area contributed by atoms with Crippen LogP contribution in [0.2, 0.25) is 0 Å². The summed E-state index contributed by atoms with van der Waals surface area (Å²) >= 11 is 0. The summed E-state index contributed by atoms with van der Waals surface area (Å²) in [7, 11) is 1.77. The van der Waals surface area contributed by atoms with Crippen LogP contribution in [-0.4, -0.2) is 61.4 Å². The predicted molar refractivity (Wildman–Crippen MR) is 123 cm³/mol. The molecule has 0 aromatic heterocycles. The van der Waals surface area contributed by atoms with Crippen molar-refractivity contribution in [1.82, 2.24) is 9.80 Å². The van der Waals surface area contributed by atoms with Gasteiger partial charge in [-0.1, -0.05) is 18.2 Å². The number of hydrogen-bond acceptors (Lipinski definition) is 5. The molecule has 0 aliphatic carbocycles. The van der Waals surface area contributed by atoms with E-state index in [9.17, 15) is 9.59 Å². The molecule has 0 N–H and O–H groups in total. The van der Waals surface area contributed by atoms with Gasteiger partial charge in [0.15, 0.2) is 5.78 Å². The van der Waals surface area contributed by atoms with Crippen molar-refractivity contribution in [3.05, 3.63) is 64.7 Å². The van der Waals surface area contributed by atoms with E-state index >= 15 is 0 Å². The molecule has 1 atom stereocenters. The number of hydrogen-bond donors (Lipinski definition) is 0. The minimum Gasteiger partial charge on any atom is -0.491 e. The maximum atomic E-state index is 13.1. The van der Waals surface area contributed by atoms with Gasteiger partial charge in [0.05, 0.1) is 13.2 Å². The Kier molecular flexibility index (Phi) is 7.22. The van der Waals surface area contributed by atoms with E-state index in [1.807, 2.05) is 11.0 Å². The number of fused-ring (bicyclic) bond motifs is 1. The molecule has 0 saturated carbocycles. The molecule has 1 fully saturated rings. The van der Waals surface area contributed by atoms with E-state index in [-0.39, 0.29) is 11.7 Å². The Morgan fingerprint density at radius 3 is 2.62 bits per heavy atom. The molecule has 32 heavy (non-hydrogen) atoms. The fraction of sp³-hybridized carbons (Fsp3) is 0.462. The van der Waals surface area contributed by atoms with Gasteiger partial charge in [-0.15, -0.1) is 0 Å². The van der Waals surface area contributed by atoms with Crippen molar-refractivity contribution < 1.29 is 19.1 Å². The molecule has 170 valence electrons. The van der Waals surface area contributed by atoms with Crippen LogP contribution in [0.5, 0.6) is 5.75 Å². The first-order chi connectivity index (χ1) is 15.5. The van der Waals surface area contributed by atoms with Crippen molar-refractivity contribution in [2.75, 3.05) is 40.0 Å². The van der Waals surface area contributed by atoms with Gasteiger partial charge in [-0.05, 0) is 62.1 Å². The van der Waals surface area contributed by atoms with Crippen molar-refractivity contribution >= 4 is 11.7 Å². The lowest BCUT2D eigenvalue weighted by Gasteiger charge is -2.32. The van der Waals surface area contributed by atoms with Gasteiger partial charge in [-0.3, -0.25) is 14.5 Å².